The molecule has 0 radical (unpaired) electrons. The van der Waals surface area contributed by atoms with Crippen LogP contribution < -0.4 is 16.2 Å². The number of anilines is 1. The summed E-state index contributed by atoms with van der Waals surface area (Å²) in [6.07, 6.45) is 0. The number of aryl methyl sites for hydroxylation is 1. The molecule has 6 nitrogen and oxygen atoms in total. The molecule has 2 amide bonds. The molecule has 150 valence electrons. The number of aromatic nitrogens is 1. The highest BCUT2D eigenvalue weighted by atomic mass is 35.5. The molecule has 0 spiro atoms. The highest BCUT2D eigenvalue weighted by molar-refractivity contribution is 7.98. The number of thioether (sulfide) groups is 1. The second-order valence-corrected chi connectivity index (χ2v) is 8.33. The van der Waals surface area contributed by atoms with Crippen molar-refractivity contribution < 1.29 is 9.59 Å². The topological polar surface area (TPSA) is 83.1 Å². The van der Waals surface area contributed by atoms with E-state index in [1.165, 1.54) is 11.5 Å². The van der Waals surface area contributed by atoms with Crippen molar-refractivity contribution in [1.29, 1.82) is 0 Å². The van der Waals surface area contributed by atoms with Gasteiger partial charge in [-0.3, -0.25) is 20.4 Å². The Kier molecular flexibility index (Phi) is 7.13. The van der Waals surface area contributed by atoms with E-state index in [1.54, 1.807) is 37.9 Å². The first kappa shape index (κ1) is 21.2. The first-order valence-electron chi connectivity index (χ1n) is 8.70. The largest absolute Gasteiger partial charge is 0.378 e. The van der Waals surface area contributed by atoms with Crippen molar-refractivity contribution in [3.8, 4) is 0 Å². The molecule has 3 N–H and O–H groups in total. The van der Waals surface area contributed by atoms with Crippen LogP contribution in [0.5, 0.6) is 0 Å². The first-order valence-corrected chi connectivity index (χ1v) is 10.8. The van der Waals surface area contributed by atoms with Gasteiger partial charge in [0.05, 0.1) is 11.3 Å². The van der Waals surface area contributed by atoms with E-state index in [0.717, 1.165) is 16.2 Å². The molecule has 0 aliphatic rings. The highest BCUT2D eigenvalue weighted by Gasteiger charge is 2.18. The fourth-order valence-corrected chi connectivity index (χ4v) is 4.23. The summed E-state index contributed by atoms with van der Waals surface area (Å²) in [7, 11) is 1.72. The van der Waals surface area contributed by atoms with Gasteiger partial charge in [0.2, 0.25) is 0 Å². The number of halogens is 1. The Morgan fingerprint density at radius 3 is 2.34 bits per heavy atom. The lowest BCUT2D eigenvalue weighted by Crippen LogP contribution is -2.41. The average molecular weight is 447 g/mol. The van der Waals surface area contributed by atoms with Gasteiger partial charge in [0.1, 0.15) is 5.00 Å². The molecular weight excluding hydrogens is 428 g/mol. The Balaban J connectivity index is 1.54. The molecule has 3 rings (SSSR count). The van der Waals surface area contributed by atoms with Crippen LogP contribution in [0.2, 0.25) is 5.02 Å². The molecule has 0 aliphatic carbocycles. The normalized spacial score (nSPS) is 10.4. The van der Waals surface area contributed by atoms with Gasteiger partial charge in [0.25, 0.3) is 11.8 Å². The molecule has 1 aromatic heterocycles. The number of hydrogen-bond acceptors (Lipinski definition) is 6. The van der Waals surface area contributed by atoms with Crippen molar-refractivity contribution in [2.45, 2.75) is 17.6 Å². The van der Waals surface area contributed by atoms with Crippen molar-refractivity contribution in [3.05, 3.63) is 75.9 Å². The molecule has 2 aromatic carbocycles. The minimum atomic E-state index is -0.412. The zero-order chi connectivity index (χ0) is 20.8. The summed E-state index contributed by atoms with van der Waals surface area (Å²) in [4.78, 5) is 25.8. The van der Waals surface area contributed by atoms with E-state index in [9.17, 15) is 9.59 Å². The number of amides is 2. The lowest BCUT2D eigenvalue weighted by atomic mass is 10.1. The molecule has 0 bridgehead atoms. The van der Waals surface area contributed by atoms with E-state index in [4.69, 9.17) is 11.6 Å². The first-order chi connectivity index (χ1) is 14.0. The predicted molar refractivity (Wildman–Crippen MR) is 119 cm³/mol. The van der Waals surface area contributed by atoms with Crippen molar-refractivity contribution in [1.82, 2.24) is 15.2 Å². The number of hydrogen-bond donors (Lipinski definition) is 3. The second-order valence-electron chi connectivity index (χ2n) is 6.07. The minimum absolute atomic E-state index is 0.387. The van der Waals surface area contributed by atoms with Crippen molar-refractivity contribution in [2.24, 2.45) is 0 Å². The Hall–Kier alpha value is -2.55. The van der Waals surface area contributed by atoms with E-state index in [2.05, 4.69) is 20.5 Å². The highest BCUT2D eigenvalue weighted by Crippen LogP contribution is 2.25. The number of nitrogens with one attached hydrogen (secondary N) is 3. The molecule has 0 fully saturated rings. The van der Waals surface area contributed by atoms with Gasteiger partial charge < -0.3 is 5.32 Å². The van der Waals surface area contributed by atoms with Crippen LogP contribution in [0, 0.1) is 6.92 Å². The molecule has 0 unspecified atom stereocenters. The third kappa shape index (κ3) is 5.50. The molecule has 29 heavy (non-hydrogen) atoms. The van der Waals surface area contributed by atoms with Crippen LogP contribution in [-0.2, 0) is 5.75 Å². The van der Waals surface area contributed by atoms with Crippen molar-refractivity contribution in [2.75, 3.05) is 12.4 Å². The number of benzene rings is 2. The van der Waals surface area contributed by atoms with Crippen LogP contribution in [-0.4, -0.2) is 23.2 Å². The fraction of sp³-hybridized carbons (Fsp3) is 0.150. The van der Waals surface area contributed by atoms with E-state index in [0.29, 0.717) is 26.8 Å². The Morgan fingerprint density at radius 1 is 1.03 bits per heavy atom. The average Bonchev–Trinajstić information content (AvgIpc) is 3.12. The van der Waals surface area contributed by atoms with Gasteiger partial charge in [0.15, 0.2) is 0 Å². The predicted octanol–water partition coefficient (Wildman–Crippen LogP) is 4.51. The minimum Gasteiger partial charge on any atom is -0.378 e. The number of hydrazine groups is 1. The number of nitrogens with zero attached hydrogens (tertiary/aromatic N) is 1. The summed E-state index contributed by atoms with van der Waals surface area (Å²) in [6, 6.07) is 14.9. The molecule has 9 heteroatoms. The lowest BCUT2D eigenvalue weighted by Gasteiger charge is -2.09. The Morgan fingerprint density at radius 2 is 1.69 bits per heavy atom. The Labute approximate surface area is 182 Å². The zero-order valence-corrected chi connectivity index (χ0v) is 18.2. The summed E-state index contributed by atoms with van der Waals surface area (Å²) < 4.78 is 4.14. The van der Waals surface area contributed by atoms with Crippen LogP contribution >= 0.6 is 34.9 Å². The van der Waals surface area contributed by atoms with Crippen LogP contribution in [0.3, 0.4) is 0 Å². The van der Waals surface area contributed by atoms with Gasteiger partial charge in [-0.25, -0.2) is 0 Å². The molecule has 0 aliphatic heterocycles. The molecule has 0 saturated heterocycles. The lowest BCUT2D eigenvalue weighted by molar-refractivity contribution is 0.0847. The SMILES string of the molecule is CNc1snc(C)c1C(=O)NNC(=O)c1ccc(CSc2ccc(Cl)cc2)cc1. The number of carbonyl (C=O) groups excluding carboxylic acids is 2. The summed E-state index contributed by atoms with van der Waals surface area (Å²) >= 11 is 8.78. The van der Waals surface area contributed by atoms with Gasteiger partial charge in [0, 0.05) is 28.3 Å². The van der Waals surface area contributed by atoms with Gasteiger partial charge in [-0.2, -0.15) is 4.37 Å². The van der Waals surface area contributed by atoms with E-state index in [-0.39, 0.29) is 5.91 Å². The maximum absolute atomic E-state index is 12.3. The smallest absolute Gasteiger partial charge is 0.274 e. The molecule has 0 atom stereocenters. The van der Waals surface area contributed by atoms with Gasteiger partial charge >= 0.3 is 0 Å². The third-order valence-corrected chi connectivity index (χ3v) is 6.33. The van der Waals surface area contributed by atoms with E-state index < -0.39 is 5.91 Å². The second kappa shape index (κ2) is 9.78. The molecule has 0 saturated carbocycles. The maximum atomic E-state index is 12.3. The van der Waals surface area contributed by atoms with Gasteiger partial charge in [-0.1, -0.05) is 23.7 Å². The van der Waals surface area contributed by atoms with Crippen LogP contribution in [0.15, 0.2) is 53.4 Å². The fourth-order valence-electron chi connectivity index (χ4n) is 2.51. The van der Waals surface area contributed by atoms with Crippen LogP contribution in [0.1, 0.15) is 32.0 Å². The van der Waals surface area contributed by atoms with Crippen molar-refractivity contribution in [3.63, 3.8) is 0 Å². The molecular formula is C20H19ClN4O2S2. The van der Waals surface area contributed by atoms with Crippen molar-refractivity contribution >= 4 is 51.7 Å². The maximum Gasteiger partial charge on any atom is 0.274 e. The molecule has 1 heterocycles. The van der Waals surface area contributed by atoms with Gasteiger partial charge in [-0.05, 0) is 60.4 Å². The Bertz CT molecular complexity index is 1000. The summed E-state index contributed by atoms with van der Waals surface area (Å²) in [5.41, 5.74) is 7.45. The van der Waals surface area contributed by atoms with Crippen LogP contribution in [0.25, 0.3) is 0 Å². The molecule has 3 aromatic rings. The number of carbonyl (C=O) groups is 2. The third-order valence-electron chi connectivity index (χ3n) is 4.04. The number of rotatable bonds is 6. The summed E-state index contributed by atoms with van der Waals surface area (Å²) in [5.74, 6) is -0.0237. The summed E-state index contributed by atoms with van der Waals surface area (Å²) in [5, 5.41) is 4.29. The van der Waals surface area contributed by atoms with Crippen LogP contribution in [0.4, 0.5) is 5.00 Å². The zero-order valence-electron chi connectivity index (χ0n) is 15.8. The monoisotopic (exact) mass is 446 g/mol. The quantitative estimate of drug-likeness (QED) is 0.383. The summed E-state index contributed by atoms with van der Waals surface area (Å²) in [6.45, 7) is 1.74. The standard InChI is InChI=1S/C20H19ClN4O2S2/c1-12-17(20(22-2)29-25-12)19(27)24-23-18(26)14-5-3-13(4-6-14)11-28-16-9-7-15(21)8-10-16/h3-10,22H,11H2,1-2H3,(H,23,26)(H,24,27). The van der Waals surface area contributed by atoms with E-state index in [1.807, 2.05) is 36.4 Å². The van der Waals surface area contributed by atoms with E-state index >= 15 is 0 Å². The van der Waals surface area contributed by atoms with Gasteiger partial charge in [-0.15, -0.1) is 11.8 Å².